The Hall–Kier alpha value is -4.08. The fourth-order valence-corrected chi connectivity index (χ4v) is 7.90. The van der Waals surface area contributed by atoms with E-state index in [0.717, 1.165) is 48.3 Å². The van der Waals surface area contributed by atoms with Crippen molar-refractivity contribution in [1.82, 2.24) is 9.79 Å². The summed E-state index contributed by atoms with van der Waals surface area (Å²) >= 11 is 0. The molecule has 3 aromatic rings. The van der Waals surface area contributed by atoms with E-state index in [2.05, 4.69) is 0 Å². The second-order valence-corrected chi connectivity index (χ2v) is 13.1. The van der Waals surface area contributed by atoms with Crippen molar-refractivity contribution in [3.63, 3.8) is 0 Å². The Bertz CT molecular complexity index is 1740. The molecular formula is C31H30F5N3O6S. The highest BCUT2D eigenvalue weighted by molar-refractivity contribution is 7.89. The van der Waals surface area contributed by atoms with Crippen molar-refractivity contribution in [3.05, 3.63) is 88.2 Å². The van der Waals surface area contributed by atoms with Gasteiger partial charge in [-0.25, -0.2) is 35.8 Å². The largest absolute Gasteiger partial charge is 0.507 e. The van der Waals surface area contributed by atoms with Crippen LogP contribution in [0.1, 0.15) is 72.3 Å². The maximum absolute atomic E-state index is 14.6. The summed E-state index contributed by atoms with van der Waals surface area (Å²) in [5.74, 6) is -14.7. The van der Waals surface area contributed by atoms with Crippen molar-refractivity contribution in [2.24, 2.45) is 0 Å². The van der Waals surface area contributed by atoms with E-state index in [1.807, 2.05) is 12.1 Å². The Morgan fingerprint density at radius 2 is 1.46 bits per heavy atom. The van der Waals surface area contributed by atoms with Gasteiger partial charge in [0, 0.05) is 18.3 Å². The van der Waals surface area contributed by atoms with E-state index < -0.39 is 74.2 Å². The minimum Gasteiger partial charge on any atom is -0.507 e. The molecule has 2 fully saturated rings. The number of amides is 2. The monoisotopic (exact) mass is 667 g/mol. The number of phenolic OH excluding ortho intramolecular Hbond substituents is 1. The van der Waals surface area contributed by atoms with E-state index in [-0.39, 0.29) is 30.6 Å². The molecule has 46 heavy (non-hydrogen) atoms. The van der Waals surface area contributed by atoms with E-state index >= 15 is 0 Å². The fourth-order valence-electron chi connectivity index (χ4n) is 6.13. The van der Waals surface area contributed by atoms with E-state index in [0.29, 0.717) is 15.8 Å². The highest BCUT2D eigenvalue weighted by Gasteiger charge is 2.45. The van der Waals surface area contributed by atoms with E-state index in [4.69, 9.17) is 5.21 Å². The number of hydroxylamine groups is 1. The minimum atomic E-state index is -5.43. The van der Waals surface area contributed by atoms with E-state index in [9.17, 15) is 45.1 Å². The molecule has 0 unspecified atom stereocenters. The van der Waals surface area contributed by atoms with Crippen LogP contribution >= 0.6 is 0 Å². The van der Waals surface area contributed by atoms with Gasteiger partial charge in [-0.2, -0.15) is 4.31 Å². The molecule has 2 aliphatic rings. The number of benzene rings is 3. The molecule has 9 nitrogen and oxygen atoms in total. The maximum Gasteiger partial charge on any atom is 0.278 e. The van der Waals surface area contributed by atoms with Crippen LogP contribution in [0.4, 0.5) is 27.6 Å². The maximum atomic E-state index is 14.6. The molecule has 1 atom stereocenters. The summed E-state index contributed by atoms with van der Waals surface area (Å²) in [5.41, 5.74) is 2.75. The molecule has 1 aliphatic carbocycles. The van der Waals surface area contributed by atoms with Crippen LogP contribution in [0, 0.1) is 29.1 Å². The van der Waals surface area contributed by atoms with Crippen molar-refractivity contribution in [2.45, 2.75) is 68.3 Å². The van der Waals surface area contributed by atoms with Gasteiger partial charge in [-0.05, 0) is 54.9 Å². The van der Waals surface area contributed by atoms with Gasteiger partial charge in [-0.1, -0.05) is 43.5 Å². The Kier molecular flexibility index (Phi) is 9.65. The molecule has 1 saturated heterocycles. The molecule has 0 radical (unpaired) electrons. The molecule has 5 rings (SSSR count). The highest BCUT2D eigenvalue weighted by Crippen LogP contribution is 2.36. The summed E-state index contributed by atoms with van der Waals surface area (Å²) in [6.45, 7) is -0.634. The quantitative estimate of drug-likeness (QED) is 0.0939. The van der Waals surface area contributed by atoms with Crippen LogP contribution in [-0.2, 0) is 21.4 Å². The third-order valence-corrected chi connectivity index (χ3v) is 10.5. The lowest BCUT2D eigenvalue weighted by Gasteiger charge is -2.30. The summed E-state index contributed by atoms with van der Waals surface area (Å²) < 4.78 is 98.2. The average Bonchev–Trinajstić information content (AvgIpc) is 3.57. The summed E-state index contributed by atoms with van der Waals surface area (Å²) in [7, 11) is -5.43. The van der Waals surface area contributed by atoms with Gasteiger partial charge in [0.1, 0.15) is 11.8 Å². The zero-order valence-electron chi connectivity index (χ0n) is 24.3. The van der Waals surface area contributed by atoms with Crippen LogP contribution in [-0.4, -0.2) is 47.4 Å². The second kappa shape index (κ2) is 13.3. The lowest BCUT2D eigenvalue weighted by molar-refractivity contribution is -0.121. The Morgan fingerprint density at radius 1 is 0.848 bits per heavy atom. The molecule has 1 saturated carbocycles. The number of sulfonamides is 1. The molecule has 246 valence electrons. The van der Waals surface area contributed by atoms with Gasteiger partial charge >= 0.3 is 0 Å². The van der Waals surface area contributed by atoms with Gasteiger partial charge in [0.15, 0.2) is 28.2 Å². The van der Waals surface area contributed by atoms with Crippen LogP contribution in [0.15, 0.2) is 47.4 Å². The molecule has 1 heterocycles. The minimum absolute atomic E-state index is 0.00572. The number of hydrogen-bond acceptors (Lipinski definition) is 6. The first-order chi connectivity index (χ1) is 21.9. The van der Waals surface area contributed by atoms with Crippen LogP contribution in [0.25, 0.3) is 0 Å². The lowest BCUT2D eigenvalue weighted by atomic mass is 9.84. The molecular weight excluding hydrogens is 637 g/mol. The molecule has 1 aliphatic heterocycles. The van der Waals surface area contributed by atoms with Crippen molar-refractivity contribution in [1.29, 1.82) is 0 Å². The molecule has 3 N–H and O–H groups in total. The summed E-state index contributed by atoms with van der Waals surface area (Å²) in [6.07, 6.45) is 5.38. The molecule has 3 aromatic carbocycles. The SMILES string of the molecule is O=C(NO)c1ccc(N(Cc2ccc(C3CCCCC3)cc2)C(=O)[C@H]2CCCN2S(=O)(=O)c2c(F)c(F)c(F)c(F)c2F)cc1O. The van der Waals surface area contributed by atoms with Gasteiger partial charge < -0.3 is 10.0 Å². The first-order valence-corrected chi connectivity index (χ1v) is 16.0. The van der Waals surface area contributed by atoms with Crippen molar-refractivity contribution in [2.75, 3.05) is 11.4 Å². The molecule has 0 spiro atoms. The van der Waals surface area contributed by atoms with Crippen molar-refractivity contribution in [3.8, 4) is 5.75 Å². The Morgan fingerprint density at radius 3 is 2.04 bits per heavy atom. The zero-order valence-corrected chi connectivity index (χ0v) is 25.1. The lowest BCUT2D eigenvalue weighted by Crippen LogP contribution is -2.48. The van der Waals surface area contributed by atoms with Gasteiger partial charge in [0.2, 0.25) is 21.7 Å². The Balaban J connectivity index is 1.52. The predicted octanol–water partition coefficient (Wildman–Crippen LogP) is 5.64. The number of anilines is 1. The van der Waals surface area contributed by atoms with Gasteiger partial charge in [-0.3, -0.25) is 14.8 Å². The standard InChI is InChI=1S/C31H30F5N3O6S/c32-24-25(33)27(35)29(28(36)26(24)34)46(44,45)39-14-4-7-22(39)31(42)38(20-12-13-21(23(40)15-20)30(41)37-43)16-17-8-10-19(11-9-17)18-5-2-1-3-6-18/h8-13,15,18,22,40,43H,1-7,14,16H2,(H,37,41)/t22-/m1/s1. The van der Waals surface area contributed by atoms with Crippen LogP contribution in [0.2, 0.25) is 0 Å². The van der Waals surface area contributed by atoms with Gasteiger partial charge in [-0.15, -0.1) is 0 Å². The van der Waals surface area contributed by atoms with E-state index in [1.54, 1.807) is 12.1 Å². The number of carbonyl (C=O) groups is 2. The number of rotatable bonds is 8. The summed E-state index contributed by atoms with van der Waals surface area (Å²) in [4.78, 5) is 25.1. The first kappa shape index (κ1) is 33.3. The van der Waals surface area contributed by atoms with Crippen LogP contribution < -0.4 is 10.4 Å². The number of hydrogen-bond donors (Lipinski definition) is 3. The highest BCUT2D eigenvalue weighted by atomic mass is 32.2. The predicted molar refractivity (Wildman–Crippen MR) is 154 cm³/mol. The third-order valence-electron chi connectivity index (χ3n) is 8.53. The van der Waals surface area contributed by atoms with Crippen molar-refractivity contribution >= 4 is 27.5 Å². The molecule has 15 heteroatoms. The summed E-state index contributed by atoms with van der Waals surface area (Å²) in [5, 5.41) is 19.5. The first-order valence-electron chi connectivity index (χ1n) is 14.6. The number of aromatic hydroxyl groups is 1. The zero-order chi connectivity index (χ0) is 33.3. The molecule has 0 bridgehead atoms. The smallest absolute Gasteiger partial charge is 0.278 e. The Labute approximate surface area is 261 Å². The molecule has 0 aromatic heterocycles. The second-order valence-electron chi connectivity index (χ2n) is 11.3. The van der Waals surface area contributed by atoms with E-state index in [1.165, 1.54) is 18.0 Å². The van der Waals surface area contributed by atoms with Gasteiger partial charge in [0.25, 0.3) is 5.91 Å². The molecule has 2 amide bonds. The summed E-state index contributed by atoms with van der Waals surface area (Å²) in [6, 6.07) is 9.22. The van der Waals surface area contributed by atoms with Crippen molar-refractivity contribution < 1.29 is 50.3 Å². The fraction of sp³-hybridized carbons (Fsp3) is 0.355. The number of nitrogens with one attached hydrogen (secondary N) is 1. The van der Waals surface area contributed by atoms with Crippen LogP contribution in [0.5, 0.6) is 5.75 Å². The normalized spacial score (nSPS) is 17.7. The number of carbonyl (C=O) groups excluding carboxylic acids is 2. The number of nitrogens with zero attached hydrogens (tertiary/aromatic N) is 2. The van der Waals surface area contributed by atoms with Crippen LogP contribution in [0.3, 0.4) is 0 Å². The van der Waals surface area contributed by atoms with Gasteiger partial charge in [0.05, 0.1) is 12.1 Å². The number of phenols is 1. The topological polar surface area (TPSA) is 127 Å². The third kappa shape index (κ3) is 6.18. The average molecular weight is 668 g/mol. The number of halogens is 5.